The predicted octanol–water partition coefficient (Wildman–Crippen LogP) is 3.56. The summed E-state index contributed by atoms with van der Waals surface area (Å²) < 4.78 is 27.0. The zero-order valence-electron chi connectivity index (χ0n) is 17.5. The minimum absolute atomic E-state index is 0.0514. The van der Waals surface area contributed by atoms with E-state index in [0.29, 0.717) is 53.3 Å². The summed E-state index contributed by atoms with van der Waals surface area (Å²) in [5.41, 5.74) is 1.28. The molecule has 8 nitrogen and oxygen atoms in total. The quantitative estimate of drug-likeness (QED) is 0.592. The van der Waals surface area contributed by atoms with E-state index in [1.807, 2.05) is 13.8 Å². The number of rotatable bonds is 11. The SMILES string of the molecule is CCOc1ccc(NC(=O)CNc2cc(OC)c(OC)c(OC)c2)cc1OCC. The molecule has 0 heterocycles. The first kappa shape index (κ1) is 22.0. The van der Waals surface area contributed by atoms with Gasteiger partial charge in [-0.25, -0.2) is 0 Å². The third-order valence-electron chi connectivity index (χ3n) is 3.94. The minimum atomic E-state index is -0.217. The van der Waals surface area contributed by atoms with Crippen molar-refractivity contribution in [2.75, 3.05) is 51.7 Å². The second-order valence-corrected chi connectivity index (χ2v) is 5.84. The van der Waals surface area contributed by atoms with Crippen LogP contribution in [0, 0.1) is 0 Å². The molecule has 2 aromatic carbocycles. The highest BCUT2D eigenvalue weighted by molar-refractivity contribution is 5.94. The van der Waals surface area contributed by atoms with E-state index in [0.717, 1.165) is 0 Å². The van der Waals surface area contributed by atoms with Crippen LogP contribution in [0.2, 0.25) is 0 Å². The minimum Gasteiger partial charge on any atom is -0.493 e. The van der Waals surface area contributed by atoms with Gasteiger partial charge in [0.25, 0.3) is 0 Å². The molecule has 0 aliphatic heterocycles. The van der Waals surface area contributed by atoms with E-state index in [9.17, 15) is 4.79 Å². The van der Waals surface area contributed by atoms with Crippen LogP contribution in [0.3, 0.4) is 0 Å². The summed E-state index contributed by atoms with van der Waals surface area (Å²) >= 11 is 0. The number of amides is 1. The molecule has 0 saturated heterocycles. The summed E-state index contributed by atoms with van der Waals surface area (Å²) in [4.78, 5) is 12.4. The molecule has 0 aliphatic carbocycles. The lowest BCUT2D eigenvalue weighted by atomic mass is 10.2. The highest BCUT2D eigenvalue weighted by atomic mass is 16.5. The van der Waals surface area contributed by atoms with Crippen molar-refractivity contribution >= 4 is 17.3 Å². The maximum Gasteiger partial charge on any atom is 0.243 e. The summed E-state index contributed by atoms with van der Waals surface area (Å²) in [6, 6.07) is 8.75. The van der Waals surface area contributed by atoms with Crippen molar-refractivity contribution in [2.24, 2.45) is 0 Å². The average molecular weight is 404 g/mol. The summed E-state index contributed by atoms with van der Waals surface area (Å²) in [5.74, 6) is 2.51. The molecule has 0 fully saturated rings. The second kappa shape index (κ2) is 10.9. The number of methoxy groups -OCH3 is 3. The van der Waals surface area contributed by atoms with E-state index in [1.54, 1.807) is 30.3 Å². The molecule has 8 heteroatoms. The number of benzene rings is 2. The van der Waals surface area contributed by atoms with E-state index in [4.69, 9.17) is 23.7 Å². The van der Waals surface area contributed by atoms with Gasteiger partial charge in [-0.15, -0.1) is 0 Å². The van der Waals surface area contributed by atoms with Gasteiger partial charge >= 0.3 is 0 Å². The fraction of sp³-hybridized carbons (Fsp3) is 0.381. The average Bonchev–Trinajstić information content (AvgIpc) is 2.73. The lowest BCUT2D eigenvalue weighted by Gasteiger charge is -2.15. The van der Waals surface area contributed by atoms with E-state index >= 15 is 0 Å². The topological polar surface area (TPSA) is 87.3 Å². The molecule has 2 rings (SSSR count). The fourth-order valence-electron chi connectivity index (χ4n) is 2.70. The molecule has 0 aromatic heterocycles. The highest BCUT2D eigenvalue weighted by Crippen LogP contribution is 2.39. The predicted molar refractivity (Wildman–Crippen MR) is 112 cm³/mol. The molecular formula is C21H28N2O6. The Balaban J connectivity index is 2.05. The first-order valence-corrected chi connectivity index (χ1v) is 9.29. The van der Waals surface area contributed by atoms with Crippen molar-refractivity contribution in [3.05, 3.63) is 30.3 Å². The van der Waals surface area contributed by atoms with E-state index in [2.05, 4.69) is 10.6 Å². The van der Waals surface area contributed by atoms with Gasteiger partial charge in [0.2, 0.25) is 11.7 Å². The Morgan fingerprint density at radius 3 is 1.93 bits per heavy atom. The lowest BCUT2D eigenvalue weighted by molar-refractivity contribution is -0.114. The van der Waals surface area contributed by atoms with E-state index < -0.39 is 0 Å². The van der Waals surface area contributed by atoms with Crippen molar-refractivity contribution in [1.82, 2.24) is 0 Å². The van der Waals surface area contributed by atoms with Crippen molar-refractivity contribution < 1.29 is 28.5 Å². The van der Waals surface area contributed by atoms with Gasteiger partial charge in [-0.05, 0) is 26.0 Å². The number of hydrogen-bond donors (Lipinski definition) is 2. The fourth-order valence-corrected chi connectivity index (χ4v) is 2.70. The normalized spacial score (nSPS) is 10.1. The van der Waals surface area contributed by atoms with Crippen LogP contribution in [-0.4, -0.2) is 47.0 Å². The van der Waals surface area contributed by atoms with Crippen LogP contribution in [0.25, 0.3) is 0 Å². The van der Waals surface area contributed by atoms with Crippen molar-refractivity contribution in [3.63, 3.8) is 0 Å². The molecule has 0 radical (unpaired) electrons. The van der Waals surface area contributed by atoms with Crippen LogP contribution in [0.4, 0.5) is 11.4 Å². The van der Waals surface area contributed by atoms with Crippen molar-refractivity contribution in [3.8, 4) is 28.7 Å². The van der Waals surface area contributed by atoms with Crippen molar-refractivity contribution in [2.45, 2.75) is 13.8 Å². The molecule has 2 N–H and O–H groups in total. The molecule has 0 atom stereocenters. The van der Waals surface area contributed by atoms with Crippen LogP contribution < -0.4 is 34.3 Å². The highest BCUT2D eigenvalue weighted by Gasteiger charge is 2.14. The third-order valence-corrected chi connectivity index (χ3v) is 3.94. The Morgan fingerprint density at radius 1 is 0.793 bits per heavy atom. The molecule has 158 valence electrons. The summed E-state index contributed by atoms with van der Waals surface area (Å²) in [7, 11) is 4.61. The molecule has 0 spiro atoms. The summed E-state index contributed by atoms with van der Waals surface area (Å²) in [6.07, 6.45) is 0. The Morgan fingerprint density at radius 2 is 1.38 bits per heavy atom. The molecule has 0 saturated carbocycles. The Hall–Kier alpha value is -3.29. The summed E-state index contributed by atoms with van der Waals surface area (Å²) in [5, 5.41) is 5.89. The van der Waals surface area contributed by atoms with E-state index in [-0.39, 0.29) is 12.5 Å². The number of anilines is 2. The Bertz CT molecular complexity index is 800. The van der Waals surface area contributed by atoms with E-state index in [1.165, 1.54) is 21.3 Å². The third kappa shape index (κ3) is 5.84. The molecule has 29 heavy (non-hydrogen) atoms. The van der Waals surface area contributed by atoms with Gasteiger partial charge in [0.15, 0.2) is 23.0 Å². The molecule has 0 unspecified atom stereocenters. The maximum atomic E-state index is 12.4. The molecule has 0 bridgehead atoms. The molecule has 2 aromatic rings. The number of ether oxygens (including phenoxy) is 5. The second-order valence-electron chi connectivity index (χ2n) is 5.84. The molecule has 1 amide bonds. The number of nitrogens with one attached hydrogen (secondary N) is 2. The van der Waals surface area contributed by atoms with Gasteiger partial charge in [0.1, 0.15) is 0 Å². The van der Waals surface area contributed by atoms with Crippen molar-refractivity contribution in [1.29, 1.82) is 0 Å². The largest absolute Gasteiger partial charge is 0.493 e. The number of hydrogen-bond acceptors (Lipinski definition) is 7. The van der Waals surface area contributed by atoms with Gasteiger partial charge in [-0.3, -0.25) is 4.79 Å². The van der Waals surface area contributed by atoms with Gasteiger partial charge in [0, 0.05) is 29.6 Å². The first-order valence-electron chi connectivity index (χ1n) is 9.29. The molecular weight excluding hydrogens is 376 g/mol. The smallest absolute Gasteiger partial charge is 0.243 e. The van der Waals surface area contributed by atoms with Crippen LogP contribution in [0.15, 0.2) is 30.3 Å². The zero-order chi connectivity index (χ0) is 21.2. The standard InChI is InChI=1S/C21H28N2O6/c1-6-28-16-9-8-14(10-17(16)29-7-2)23-20(24)13-22-15-11-18(25-3)21(27-5)19(12-15)26-4/h8-12,22H,6-7,13H2,1-5H3,(H,23,24). The van der Waals surface area contributed by atoms with Crippen LogP contribution in [0.1, 0.15) is 13.8 Å². The number of carbonyl (C=O) groups is 1. The summed E-state index contributed by atoms with van der Waals surface area (Å²) in [6.45, 7) is 4.88. The van der Waals surface area contributed by atoms with Gasteiger partial charge < -0.3 is 34.3 Å². The Labute approximate surface area is 171 Å². The monoisotopic (exact) mass is 404 g/mol. The first-order chi connectivity index (χ1) is 14.1. The Kier molecular flexibility index (Phi) is 8.27. The van der Waals surface area contributed by atoms with Crippen LogP contribution in [-0.2, 0) is 4.79 Å². The maximum absolute atomic E-state index is 12.4. The zero-order valence-corrected chi connectivity index (χ0v) is 17.5. The number of carbonyl (C=O) groups excluding carboxylic acids is 1. The van der Waals surface area contributed by atoms with Gasteiger partial charge in [-0.1, -0.05) is 0 Å². The molecule has 0 aliphatic rings. The van der Waals surface area contributed by atoms with Crippen LogP contribution in [0.5, 0.6) is 28.7 Å². The lowest BCUT2D eigenvalue weighted by Crippen LogP contribution is -2.21. The van der Waals surface area contributed by atoms with Gasteiger partial charge in [0.05, 0.1) is 41.1 Å². The van der Waals surface area contributed by atoms with Gasteiger partial charge in [-0.2, -0.15) is 0 Å². The van der Waals surface area contributed by atoms with Crippen LogP contribution >= 0.6 is 0 Å².